The molecule has 3 aromatic carbocycles. The third-order valence-electron chi connectivity index (χ3n) is 6.91. The predicted octanol–water partition coefficient (Wildman–Crippen LogP) is 6.44. The molecule has 0 bridgehead atoms. The van der Waals surface area contributed by atoms with E-state index in [0.29, 0.717) is 38.7 Å². The largest absolute Gasteiger partial charge is 0.491 e. The van der Waals surface area contributed by atoms with E-state index in [1.165, 1.54) is 27.5 Å². The monoisotopic (exact) mass is 579 g/mol. The summed E-state index contributed by atoms with van der Waals surface area (Å²) in [6.45, 7) is 8.89. The van der Waals surface area contributed by atoms with Crippen LogP contribution in [0.15, 0.2) is 83.8 Å². The van der Waals surface area contributed by atoms with Crippen molar-refractivity contribution in [1.29, 1.82) is 0 Å². The number of nitrogens with zero attached hydrogens (tertiary/aromatic N) is 5. The second-order valence-corrected chi connectivity index (χ2v) is 12.1. The van der Waals surface area contributed by atoms with Crippen molar-refractivity contribution in [1.82, 2.24) is 24.4 Å². The fraction of sp³-hybridized carbons (Fsp3) is 0.212. The molecule has 0 amide bonds. The molecule has 3 heterocycles. The first-order valence-corrected chi connectivity index (χ1v) is 14.6. The van der Waals surface area contributed by atoms with Crippen molar-refractivity contribution in [2.75, 3.05) is 6.61 Å². The molecule has 0 spiro atoms. The summed E-state index contributed by atoms with van der Waals surface area (Å²) in [5, 5.41) is 9.29. The highest BCUT2D eigenvalue weighted by atomic mass is 32.1. The number of aromatic nitrogens is 5. The van der Waals surface area contributed by atoms with Gasteiger partial charge >= 0.3 is 0 Å². The van der Waals surface area contributed by atoms with Crippen LogP contribution in [0.2, 0.25) is 0 Å². The van der Waals surface area contributed by atoms with Gasteiger partial charge in [-0.05, 0) is 53.8 Å². The molecule has 7 nitrogen and oxygen atoms in total. The van der Waals surface area contributed by atoms with Crippen LogP contribution in [0.3, 0.4) is 0 Å². The van der Waals surface area contributed by atoms with Crippen molar-refractivity contribution in [2.24, 2.45) is 0 Å². The van der Waals surface area contributed by atoms with E-state index in [4.69, 9.17) is 9.84 Å². The molecule has 212 valence electrons. The van der Waals surface area contributed by atoms with Gasteiger partial charge in [0.25, 0.3) is 5.56 Å². The first-order valence-electron chi connectivity index (χ1n) is 13.8. The standard InChI is InChI=1S/C33H30FN5O2S/c1-5-17-41-27-16-13-22(18-26(27)34)29-23(20-38(36-29)25-9-7-6-8-10-25)19-28-31(40)39-32(42-28)35-30(37-39)21-11-14-24(15-12-21)33(2,3)4/h6-16,18-20H,5,17H2,1-4H3. The second kappa shape index (κ2) is 11.0. The van der Waals surface area contributed by atoms with Crippen LogP contribution in [0, 0.1) is 5.82 Å². The maximum absolute atomic E-state index is 14.9. The van der Waals surface area contributed by atoms with Crippen LogP contribution in [0.25, 0.3) is 39.4 Å². The number of thiazole rings is 1. The molecule has 0 radical (unpaired) electrons. The number of ether oxygens (including phenoxy) is 1. The summed E-state index contributed by atoms with van der Waals surface area (Å²) in [7, 11) is 0. The number of rotatable bonds is 7. The molecule has 0 saturated heterocycles. The van der Waals surface area contributed by atoms with E-state index in [1.54, 1.807) is 22.9 Å². The number of hydrogen-bond acceptors (Lipinski definition) is 6. The van der Waals surface area contributed by atoms with Crippen LogP contribution in [-0.4, -0.2) is 31.0 Å². The molecular formula is C33H30FN5O2S. The van der Waals surface area contributed by atoms with Gasteiger partial charge in [-0.2, -0.15) is 14.6 Å². The van der Waals surface area contributed by atoms with Crippen LogP contribution in [0.4, 0.5) is 4.39 Å². The van der Waals surface area contributed by atoms with Gasteiger partial charge < -0.3 is 4.74 Å². The first kappa shape index (κ1) is 27.5. The maximum atomic E-state index is 14.9. The van der Waals surface area contributed by atoms with Crippen LogP contribution >= 0.6 is 11.3 Å². The van der Waals surface area contributed by atoms with Crippen molar-refractivity contribution < 1.29 is 9.13 Å². The Kier molecular flexibility index (Phi) is 7.20. The van der Waals surface area contributed by atoms with E-state index in [1.807, 2.05) is 55.6 Å². The van der Waals surface area contributed by atoms with Gasteiger partial charge in [0, 0.05) is 22.9 Å². The summed E-state index contributed by atoms with van der Waals surface area (Å²) in [6.07, 6.45) is 4.38. The van der Waals surface area contributed by atoms with E-state index in [9.17, 15) is 9.18 Å². The van der Waals surface area contributed by atoms with Gasteiger partial charge in [0.15, 0.2) is 17.4 Å². The third-order valence-corrected chi connectivity index (χ3v) is 7.87. The summed E-state index contributed by atoms with van der Waals surface area (Å²) < 4.78 is 24.0. The van der Waals surface area contributed by atoms with Crippen molar-refractivity contribution in [3.05, 3.63) is 111 Å². The zero-order valence-electron chi connectivity index (χ0n) is 23.8. The van der Waals surface area contributed by atoms with Gasteiger partial charge in [-0.15, -0.1) is 5.10 Å². The Balaban J connectivity index is 1.41. The highest BCUT2D eigenvalue weighted by Gasteiger charge is 2.18. The molecular weight excluding hydrogens is 549 g/mol. The smallest absolute Gasteiger partial charge is 0.291 e. The van der Waals surface area contributed by atoms with Gasteiger partial charge in [0.1, 0.15) is 5.69 Å². The number of fused-ring (bicyclic) bond motifs is 1. The molecule has 0 fully saturated rings. The molecule has 0 N–H and O–H groups in total. The molecule has 0 unspecified atom stereocenters. The second-order valence-electron chi connectivity index (χ2n) is 11.1. The summed E-state index contributed by atoms with van der Waals surface area (Å²) in [5.41, 5.74) is 4.45. The van der Waals surface area contributed by atoms with E-state index in [0.717, 1.165) is 17.7 Å². The van der Waals surface area contributed by atoms with Crippen LogP contribution in [0.5, 0.6) is 5.75 Å². The number of para-hydroxylation sites is 1. The average molecular weight is 580 g/mol. The fourth-order valence-corrected chi connectivity index (χ4v) is 5.52. The summed E-state index contributed by atoms with van der Waals surface area (Å²) in [5.74, 6) is 0.237. The number of hydrogen-bond donors (Lipinski definition) is 0. The summed E-state index contributed by atoms with van der Waals surface area (Å²) >= 11 is 1.26. The molecule has 3 aromatic heterocycles. The Hall–Kier alpha value is -4.63. The zero-order valence-corrected chi connectivity index (χ0v) is 24.7. The Morgan fingerprint density at radius 2 is 1.71 bits per heavy atom. The normalized spacial score (nSPS) is 12.4. The zero-order chi connectivity index (χ0) is 29.4. The highest BCUT2D eigenvalue weighted by Crippen LogP contribution is 2.29. The minimum absolute atomic E-state index is 0.0389. The van der Waals surface area contributed by atoms with Crippen molar-refractivity contribution >= 4 is 22.4 Å². The number of halogens is 1. The van der Waals surface area contributed by atoms with Crippen LogP contribution in [-0.2, 0) is 5.41 Å². The van der Waals surface area contributed by atoms with Crippen molar-refractivity contribution in [3.8, 4) is 34.1 Å². The van der Waals surface area contributed by atoms with Gasteiger partial charge in [0.2, 0.25) is 4.96 Å². The fourth-order valence-electron chi connectivity index (χ4n) is 4.62. The van der Waals surface area contributed by atoms with E-state index < -0.39 is 5.82 Å². The van der Waals surface area contributed by atoms with E-state index in [-0.39, 0.29) is 16.7 Å². The quantitative estimate of drug-likeness (QED) is 0.218. The van der Waals surface area contributed by atoms with Gasteiger partial charge in [-0.1, -0.05) is 81.5 Å². The van der Waals surface area contributed by atoms with Crippen molar-refractivity contribution in [2.45, 2.75) is 39.5 Å². The Bertz CT molecular complexity index is 1990. The van der Waals surface area contributed by atoms with E-state index >= 15 is 0 Å². The molecule has 9 heteroatoms. The lowest BCUT2D eigenvalue weighted by Gasteiger charge is -2.18. The minimum atomic E-state index is -0.465. The number of benzene rings is 3. The summed E-state index contributed by atoms with van der Waals surface area (Å²) in [6, 6.07) is 22.5. The SMILES string of the molecule is CCCOc1ccc(-c2nn(-c3ccccc3)cc2C=c2sc3nc(-c4ccc(C(C)(C)C)cc4)nn3c2=O)cc1F. The van der Waals surface area contributed by atoms with Crippen molar-refractivity contribution in [3.63, 3.8) is 0 Å². The van der Waals surface area contributed by atoms with Gasteiger partial charge in [-0.3, -0.25) is 4.79 Å². The van der Waals surface area contributed by atoms with Gasteiger partial charge in [-0.25, -0.2) is 9.07 Å². The molecule has 6 aromatic rings. The Morgan fingerprint density at radius 3 is 2.38 bits per heavy atom. The first-order chi connectivity index (χ1) is 20.2. The van der Waals surface area contributed by atoms with Gasteiger partial charge in [0.05, 0.1) is 16.8 Å². The van der Waals surface area contributed by atoms with Crippen LogP contribution < -0.4 is 14.8 Å². The molecule has 0 aliphatic carbocycles. The molecule has 42 heavy (non-hydrogen) atoms. The molecule has 0 aliphatic rings. The maximum Gasteiger partial charge on any atom is 0.291 e. The lowest BCUT2D eigenvalue weighted by Crippen LogP contribution is -2.23. The highest BCUT2D eigenvalue weighted by molar-refractivity contribution is 7.15. The summed E-state index contributed by atoms with van der Waals surface area (Å²) in [4.78, 5) is 18.6. The average Bonchev–Trinajstić information content (AvgIpc) is 3.67. The molecule has 6 rings (SSSR count). The lowest BCUT2D eigenvalue weighted by molar-refractivity contribution is 0.301. The third kappa shape index (κ3) is 5.35. The molecule has 0 atom stereocenters. The topological polar surface area (TPSA) is 74.3 Å². The van der Waals surface area contributed by atoms with Crippen LogP contribution in [0.1, 0.15) is 45.2 Å². The Labute approximate surface area is 246 Å². The predicted molar refractivity (Wildman–Crippen MR) is 165 cm³/mol. The van der Waals surface area contributed by atoms with E-state index in [2.05, 4.69) is 43.0 Å². The lowest BCUT2D eigenvalue weighted by atomic mass is 9.87. The molecule has 0 aliphatic heterocycles. The Morgan fingerprint density at radius 1 is 0.976 bits per heavy atom. The minimum Gasteiger partial charge on any atom is -0.491 e. The molecule has 0 saturated carbocycles.